The predicted octanol–water partition coefficient (Wildman–Crippen LogP) is 3.41. The van der Waals surface area contributed by atoms with E-state index in [1.165, 1.54) is 0 Å². The van der Waals surface area contributed by atoms with Gasteiger partial charge in [-0.1, -0.05) is 35.3 Å². The van der Waals surface area contributed by atoms with Crippen molar-refractivity contribution in [1.29, 1.82) is 0 Å². The summed E-state index contributed by atoms with van der Waals surface area (Å²) in [6, 6.07) is 5.72. The molecule has 6 heteroatoms. The highest BCUT2D eigenvalue weighted by Gasteiger charge is 2.45. The molecule has 0 atom stereocenters. The van der Waals surface area contributed by atoms with Crippen LogP contribution in [-0.2, 0) is 11.3 Å². The normalized spacial score (nSPS) is 21.9. The van der Waals surface area contributed by atoms with E-state index in [4.69, 9.17) is 27.9 Å². The molecule has 2 heterocycles. The van der Waals surface area contributed by atoms with Crippen LogP contribution in [0.15, 0.2) is 18.2 Å². The first-order valence-electron chi connectivity index (χ1n) is 7.08. The Morgan fingerprint density at radius 2 is 2.00 bits per heavy atom. The number of ether oxygens (including phenoxy) is 1. The highest BCUT2D eigenvalue weighted by Crippen LogP contribution is 2.34. The SMILES string of the molecule is CN1CC2(CCN(Cc3cccc(Cl)c3Cl)CC2)OC1=O. The molecule has 114 valence electrons. The highest BCUT2D eigenvalue weighted by atomic mass is 35.5. The number of benzene rings is 1. The maximum atomic E-state index is 11.6. The van der Waals surface area contributed by atoms with Crippen molar-refractivity contribution in [3.63, 3.8) is 0 Å². The summed E-state index contributed by atoms with van der Waals surface area (Å²) in [5, 5.41) is 1.22. The summed E-state index contributed by atoms with van der Waals surface area (Å²) in [6.07, 6.45) is 1.52. The van der Waals surface area contributed by atoms with Crippen LogP contribution in [0.3, 0.4) is 0 Å². The van der Waals surface area contributed by atoms with Crippen molar-refractivity contribution in [1.82, 2.24) is 9.80 Å². The number of halogens is 2. The minimum absolute atomic E-state index is 0.207. The van der Waals surface area contributed by atoms with Gasteiger partial charge in [-0.05, 0) is 11.6 Å². The van der Waals surface area contributed by atoms with Crippen molar-refractivity contribution in [2.75, 3.05) is 26.7 Å². The number of carbonyl (C=O) groups excluding carboxylic acids is 1. The molecule has 3 rings (SSSR count). The van der Waals surface area contributed by atoms with Crippen molar-refractivity contribution in [3.8, 4) is 0 Å². The van der Waals surface area contributed by atoms with E-state index in [2.05, 4.69) is 4.90 Å². The third-order valence-corrected chi connectivity index (χ3v) is 5.19. The van der Waals surface area contributed by atoms with E-state index >= 15 is 0 Å². The van der Waals surface area contributed by atoms with E-state index in [0.29, 0.717) is 16.6 Å². The van der Waals surface area contributed by atoms with Crippen LogP contribution in [0.25, 0.3) is 0 Å². The topological polar surface area (TPSA) is 32.8 Å². The largest absolute Gasteiger partial charge is 0.441 e. The van der Waals surface area contributed by atoms with Crippen LogP contribution < -0.4 is 0 Å². The van der Waals surface area contributed by atoms with Crippen molar-refractivity contribution in [3.05, 3.63) is 33.8 Å². The Hall–Kier alpha value is -0.970. The molecule has 2 aliphatic heterocycles. The summed E-state index contributed by atoms with van der Waals surface area (Å²) in [7, 11) is 1.79. The van der Waals surface area contributed by atoms with Gasteiger partial charge in [0, 0.05) is 39.5 Å². The Morgan fingerprint density at radius 3 is 2.62 bits per heavy atom. The Balaban J connectivity index is 1.62. The maximum Gasteiger partial charge on any atom is 0.410 e. The van der Waals surface area contributed by atoms with Crippen LogP contribution in [0.1, 0.15) is 18.4 Å². The predicted molar refractivity (Wildman–Crippen MR) is 82.8 cm³/mol. The summed E-state index contributed by atoms with van der Waals surface area (Å²) >= 11 is 12.3. The van der Waals surface area contributed by atoms with Gasteiger partial charge in [0.25, 0.3) is 0 Å². The Bertz CT molecular complexity index is 557. The fourth-order valence-corrected chi connectivity index (χ4v) is 3.46. The second kappa shape index (κ2) is 5.67. The minimum Gasteiger partial charge on any atom is -0.441 e. The number of piperidine rings is 1. The zero-order valence-corrected chi connectivity index (χ0v) is 13.5. The number of likely N-dealkylation sites (N-methyl/N-ethyl adjacent to an activating group) is 1. The summed E-state index contributed by atoms with van der Waals surface area (Å²) in [5.41, 5.74) is 0.751. The monoisotopic (exact) mass is 328 g/mol. The van der Waals surface area contributed by atoms with E-state index in [9.17, 15) is 4.79 Å². The smallest absolute Gasteiger partial charge is 0.410 e. The molecule has 1 spiro atoms. The van der Waals surface area contributed by atoms with Gasteiger partial charge in [0.05, 0.1) is 16.6 Å². The van der Waals surface area contributed by atoms with Crippen molar-refractivity contribution in [2.45, 2.75) is 25.0 Å². The molecule has 1 aromatic carbocycles. The number of likely N-dealkylation sites (tertiary alicyclic amines) is 1. The molecule has 2 saturated heterocycles. The molecule has 1 aromatic rings. The van der Waals surface area contributed by atoms with Gasteiger partial charge in [0.1, 0.15) is 5.60 Å². The van der Waals surface area contributed by atoms with E-state index in [1.54, 1.807) is 18.0 Å². The lowest BCUT2D eigenvalue weighted by Crippen LogP contribution is -2.46. The molecule has 0 unspecified atom stereocenters. The molecule has 0 aliphatic carbocycles. The fraction of sp³-hybridized carbons (Fsp3) is 0.533. The van der Waals surface area contributed by atoms with Gasteiger partial charge in [-0.25, -0.2) is 4.79 Å². The molecular weight excluding hydrogens is 311 g/mol. The van der Waals surface area contributed by atoms with Gasteiger partial charge in [-0.2, -0.15) is 0 Å². The van der Waals surface area contributed by atoms with Gasteiger partial charge in [-0.3, -0.25) is 4.90 Å². The van der Waals surface area contributed by atoms with E-state index < -0.39 is 0 Å². The lowest BCUT2D eigenvalue weighted by atomic mass is 9.91. The third-order valence-electron chi connectivity index (χ3n) is 4.33. The standard InChI is InChI=1S/C15H18Cl2N2O2/c1-18-10-15(21-14(18)20)5-7-19(8-6-15)9-11-3-2-4-12(16)13(11)17/h2-4H,5-10H2,1H3. The molecule has 2 fully saturated rings. The molecule has 21 heavy (non-hydrogen) atoms. The summed E-state index contributed by atoms with van der Waals surface area (Å²) < 4.78 is 5.56. The molecule has 0 N–H and O–H groups in total. The molecular formula is C15H18Cl2N2O2. The second-order valence-corrected chi connectivity index (χ2v) is 6.68. The number of hydrogen-bond donors (Lipinski definition) is 0. The van der Waals surface area contributed by atoms with Crippen LogP contribution in [-0.4, -0.2) is 48.2 Å². The van der Waals surface area contributed by atoms with Crippen molar-refractivity contribution < 1.29 is 9.53 Å². The molecule has 4 nitrogen and oxygen atoms in total. The van der Waals surface area contributed by atoms with Crippen molar-refractivity contribution in [2.24, 2.45) is 0 Å². The van der Waals surface area contributed by atoms with Gasteiger partial charge in [-0.15, -0.1) is 0 Å². The number of amides is 1. The molecule has 0 radical (unpaired) electrons. The Kier molecular flexibility index (Phi) is 4.04. The van der Waals surface area contributed by atoms with E-state index in [-0.39, 0.29) is 11.7 Å². The summed E-state index contributed by atoms with van der Waals surface area (Å²) in [4.78, 5) is 15.5. The number of nitrogens with zero attached hydrogens (tertiary/aromatic N) is 2. The van der Waals surface area contributed by atoms with Crippen LogP contribution in [0.5, 0.6) is 0 Å². The molecule has 2 aliphatic rings. The average molecular weight is 329 g/mol. The summed E-state index contributed by atoms with van der Waals surface area (Å²) in [5.74, 6) is 0. The Morgan fingerprint density at radius 1 is 1.29 bits per heavy atom. The lowest BCUT2D eigenvalue weighted by molar-refractivity contribution is -0.00118. The van der Waals surface area contributed by atoms with E-state index in [1.807, 2.05) is 12.1 Å². The summed E-state index contributed by atoms with van der Waals surface area (Å²) in [6.45, 7) is 3.25. The molecule has 0 aromatic heterocycles. The van der Waals surface area contributed by atoms with Gasteiger partial charge in [0.2, 0.25) is 0 Å². The van der Waals surface area contributed by atoms with Gasteiger partial charge >= 0.3 is 6.09 Å². The fourth-order valence-electron chi connectivity index (χ4n) is 3.08. The lowest BCUT2D eigenvalue weighted by Gasteiger charge is -2.37. The first kappa shape index (κ1) is 14.9. The van der Waals surface area contributed by atoms with Crippen LogP contribution in [0, 0.1) is 0 Å². The highest BCUT2D eigenvalue weighted by molar-refractivity contribution is 6.42. The molecule has 1 amide bonds. The molecule has 0 bridgehead atoms. The quantitative estimate of drug-likeness (QED) is 0.834. The number of hydrogen-bond acceptors (Lipinski definition) is 3. The minimum atomic E-state index is -0.291. The van der Waals surface area contributed by atoms with Crippen LogP contribution in [0.4, 0.5) is 4.79 Å². The first-order valence-corrected chi connectivity index (χ1v) is 7.84. The zero-order valence-electron chi connectivity index (χ0n) is 11.9. The first-order chi connectivity index (χ1) is 9.99. The maximum absolute atomic E-state index is 11.6. The van der Waals surface area contributed by atoms with Crippen LogP contribution >= 0.6 is 23.2 Å². The number of carbonyl (C=O) groups is 1. The second-order valence-electron chi connectivity index (χ2n) is 5.90. The average Bonchev–Trinajstić information content (AvgIpc) is 2.73. The van der Waals surface area contributed by atoms with Crippen molar-refractivity contribution >= 4 is 29.3 Å². The van der Waals surface area contributed by atoms with E-state index in [0.717, 1.165) is 38.0 Å². The van der Waals surface area contributed by atoms with Crippen LogP contribution in [0.2, 0.25) is 10.0 Å². The third kappa shape index (κ3) is 2.98. The van der Waals surface area contributed by atoms with Gasteiger partial charge < -0.3 is 9.64 Å². The zero-order chi connectivity index (χ0) is 15.0. The van der Waals surface area contributed by atoms with Gasteiger partial charge in [0.15, 0.2) is 0 Å². The Labute approximate surface area is 134 Å². The molecule has 0 saturated carbocycles. The number of rotatable bonds is 2.